The van der Waals surface area contributed by atoms with Gasteiger partial charge in [-0.1, -0.05) is 0 Å². The van der Waals surface area contributed by atoms with E-state index in [0.717, 1.165) is 30.6 Å². The van der Waals surface area contributed by atoms with Gasteiger partial charge in [-0.3, -0.25) is 4.79 Å². The molecule has 2 saturated carbocycles. The van der Waals surface area contributed by atoms with E-state index in [1.54, 1.807) is 6.92 Å². The predicted molar refractivity (Wildman–Crippen MR) is 85.7 cm³/mol. The van der Waals surface area contributed by atoms with Gasteiger partial charge in [0.05, 0.1) is 24.3 Å². The van der Waals surface area contributed by atoms with E-state index in [2.05, 4.69) is 5.32 Å². The van der Waals surface area contributed by atoms with Crippen molar-refractivity contribution in [3.8, 4) is 5.75 Å². The van der Waals surface area contributed by atoms with E-state index in [4.69, 9.17) is 9.15 Å². The number of aliphatic hydroxyl groups is 1. The molecule has 2 aromatic rings. The van der Waals surface area contributed by atoms with Crippen LogP contribution in [0.15, 0.2) is 22.6 Å². The number of rotatable bonds is 6. The van der Waals surface area contributed by atoms with E-state index in [-0.39, 0.29) is 12.5 Å². The quantitative estimate of drug-likeness (QED) is 0.860. The molecule has 0 aliphatic heterocycles. The lowest BCUT2D eigenvalue weighted by atomic mass is 10.1. The molecule has 5 heteroatoms. The van der Waals surface area contributed by atoms with E-state index in [1.165, 1.54) is 12.8 Å². The molecule has 0 radical (unpaired) electrons. The fourth-order valence-electron chi connectivity index (χ4n) is 2.85. The molecule has 23 heavy (non-hydrogen) atoms. The molecule has 1 aromatic carbocycles. The zero-order chi connectivity index (χ0) is 16.0. The van der Waals surface area contributed by atoms with Crippen molar-refractivity contribution < 1.29 is 19.1 Å². The van der Waals surface area contributed by atoms with Crippen LogP contribution in [0.1, 0.15) is 41.8 Å². The monoisotopic (exact) mass is 315 g/mol. The minimum Gasteiger partial charge on any atom is -0.493 e. The Morgan fingerprint density at radius 3 is 2.87 bits per heavy atom. The lowest BCUT2D eigenvalue weighted by Gasteiger charge is -2.14. The Labute approximate surface area is 134 Å². The number of carbonyl (C=O) groups is 1. The third kappa shape index (κ3) is 2.81. The first-order chi connectivity index (χ1) is 11.1. The van der Waals surface area contributed by atoms with Crippen molar-refractivity contribution in [1.29, 1.82) is 0 Å². The lowest BCUT2D eigenvalue weighted by molar-refractivity contribution is 0.0906. The number of carbonyl (C=O) groups excluding carboxylic acids is 1. The third-order valence-corrected chi connectivity index (χ3v) is 4.78. The van der Waals surface area contributed by atoms with Crippen molar-refractivity contribution in [2.75, 3.05) is 13.2 Å². The highest BCUT2D eigenvalue weighted by Crippen LogP contribution is 2.36. The van der Waals surface area contributed by atoms with Crippen LogP contribution in [0.25, 0.3) is 11.0 Å². The van der Waals surface area contributed by atoms with Gasteiger partial charge < -0.3 is 19.6 Å². The molecule has 1 aromatic heterocycles. The number of aliphatic hydroxyl groups excluding tert-OH is 1. The molecule has 2 aliphatic rings. The second-order valence-electron chi connectivity index (χ2n) is 6.84. The summed E-state index contributed by atoms with van der Waals surface area (Å²) in [7, 11) is 0. The number of aryl methyl sites for hydroxylation is 1. The smallest absolute Gasteiger partial charge is 0.255 e. The summed E-state index contributed by atoms with van der Waals surface area (Å²) in [6.07, 6.45) is 4.12. The van der Waals surface area contributed by atoms with Gasteiger partial charge in [0.15, 0.2) is 0 Å². The van der Waals surface area contributed by atoms with Gasteiger partial charge >= 0.3 is 0 Å². The number of fused-ring (bicyclic) bond motifs is 1. The maximum absolute atomic E-state index is 12.6. The highest BCUT2D eigenvalue weighted by atomic mass is 16.5. The second-order valence-corrected chi connectivity index (χ2v) is 6.84. The minimum atomic E-state index is -0.437. The van der Waals surface area contributed by atoms with Gasteiger partial charge in [-0.05, 0) is 56.7 Å². The first-order valence-electron chi connectivity index (χ1n) is 8.19. The van der Waals surface area contributed by atoms with Crippen molar-refractivity contribution in [3.63, 3.8) is 0 Å². The molecular formula is C18H21NO4. The minimum absolute atomic E-state index is 0.0245. The van der Waals surface area contributed by atoms with Crippen molar-refractivity contribution in [2.45, 2.75) is 38.1 Å². The van der Waals surface area contributed by atoms with Crippen molar-refractivity contribution >= 4 is 16.9 Å². The highest BCUT2D eigenvalue weighted by molar-refractivity contribution is 6.07. The Bertz CT molecular complexity index is 756. The molecule has 1 amide bonds. The molecule has 5 nitrogen and oxygen atoms in total. The van der Waals surface area contributed by atoms with E-state index in [0.29, 0.717) is 22.8 Å². The molecule has 2 N–H and O–H groups in total. The van der Waals surface area contributed by atoms with E-state index in [9.17, 15) is 9.90 Å². The Hall–Kier alpha value is -2.01. The van der Waals surface area contributed by atoms with Crippen molar-refractivity contribution in [1.82, 2.24) is 5.32 Å². The first-order valence-corrected chi connectivity index (χ1v) is 8.19. The summed E-state index contributed by atoms with van der Waals surface area (Å²) in [6, 6.07) is 5.60. The van der Waals surface area contributed by atoms with Crippen LogP contribution in [0.3, 0.4) is 0 Å². The van der Waals surface area contributed by atoms with Gasteiger partial charge in [-0.15, -0.1) is 0 Å². The standard InChI is InChI=1S/C18H21NO4/c1-11-16(17(21)19-18(10-20)6-7-18)14-8-13(4-5-15(14)23-11)22-9-12-2-3-12/h4-5,8,12,20H,2-3,6-7,9-10H2,1H3,(H,19,21). The van der Waals surface area contributed by atoms with Crippen LogP contribution in [0, 0.1) is 12.8 Å². The molecule has 0 spiro atoms. The van der Waals surface area contributed by atoms with Gasteiger partial charge in [0, 0.05) is 5.39 Å². The summed E-state index contributed by atoms with van der Waals surface area (Å²) in [5.41, 5.74) is 0.782. The van der Waals surface area contributed by atoms with E-state index in [1.807, 2.05) is 18.2 Å². The third-order valence-electron chi connectivity index (χ3n) is 4.78. The molecule has 0 atom stereocenters. The van der Waals surface area contributed by atoms with Crippen LogP contribution < -0.4 is 10.1 Å². The largest absolute Gasteiger partial charge is 0.493 e. The van der Waals surface area contributed by atoms with Crippen LogP contribution in [0.4, 0.5) is 0 Å². The maximum atomic E-state index is 12.6. The lowest BCUT2D eigenvalue weighted by Crippen LogP contribution is -2.39. The predicted octanol–water partition coefficient (Wildman–Crippen LogP) is 2.78. The van der Waals surface area contributed by atoms with Crippen LogP contribution in [-0.4, -0.2) is 29.8 Å². The molecule has 4 rings (SSSR count). The zero-order valence-electron chi connectivity index (χ0n) is 13.2. The fourth-order valence-corrected chi connectivity index (χ4v) is 2.85. The Kier molecular flexibility index (Phi) is 3.34. The first kappa shape index (κ1) is 14.6. The Morgan fingerprint density at radius 2 is 2.22 bits per heavy atom. The van der Waals surface area contributed by atoms with Crippen LogP contribution >= 0.6 is 0 Å². The number of hydrogen-bond donors (Lipinski definition) is 2. The molecule has 2 aliphatic carbocycles. The molecule has 2 fully saturated rings. The Balaban J connectivity index is 1.62. The summed E-state index contributed by atoms with van der Waals surface area (Å²) in [5, 5.41) is 13.1. The number of ether oxygens (including phenoxy) is 1. The topological polar surface area (TPSA) is 71.7 Å². The van der Waals surface area contributed by atoms with Crippen LogP contribution in [0.5, 0.6) is 5.75 Å². The van der Waals surface area contributed by atoms with Crippen molar-refractivity contribution in [3.05, 3.63) is 29.5 Å². The molecular weight excluding hydrogens is 294 g/mol. The Morgan fingerprint density at radius 1 is 1.43 bits per heavy atom. The van der Waals surface area contributed by atoms with Crippen LogP contribution in [0.2, 0.25) is 0 Å². The second kappa shape index (κ2) is 5.27. The summed E-state index contributed by atoms with van der Waals surface area (Å²) >= 11 is 0. The summed E-state index contributed by atoms with van der Waals surface area (Å²) in [6.45, 7) is 2.50. The molecule has 0 bridgehead atoms. The molecule has 0 saturated heterocycles. The van der Waals surface area contributed by atoms with Gasteiger partial charge in [0.2, 0.25) is 0 Å². The number of benzene rings is 1. The highest BCUT2D eigenvalue weighted by Gasteiger charge is 2.44. The zero-order valence-corrected chi connectivity index (χ0v) is 13.2. The SMILES string of the molecule is Cc1oc2ccc(OCC3CC3)cc2c1C(=O)NC1(CO)CC1. The van der Waals surface area contributed by atoms with E-state index < -0.39 is 5.54 Å². The van der Waals surface area contributed by atoms with E-state index >= 15 is 0 Å². The average molecular weight is 315 g/mol. The van der Waals surface area contributed by atoms with Crippen molar-refractivity contribution in [2.24, 2.45) is 5.92 Å². The maximum Gasteiger partial charge on any atom is 0.255 e. The van der Waals surface area contributed by atoms with Gasteiger partial charge in [0.1, 0.15) is 17.1 Å². The van der Waals surface area contributed by atoms with Crippen LogP contribution in [-0.2, 0) is 0 Å². The average Bonchev–Trinajstić information content (AvgIpc) is 3.44. The van der Waals surface area contributed by atoms with Gasteiger partial charge in [-0.2, -0.15) is 0 Å². The number of nitrogens with one attached hydrogen (secondary N) is 1. The summed E-state index contributed by atoms with van der Waals surface area (Å²) in [4.78, 5) is 12.6. The summed E-state index contributed by atoms with van der Waals surface area (Å²) < 4.78 is 11.5. The number of hydrogen-bond acceptors (Lipinski definition) is 4. The van der Waals surface area contributed by atoms with Gasteiger partial charge in [-0.25, -0.2) is 0 Å². The molecule has 122 valence electrons. The number of furan rings is 1. The fraction of sp³-hybridized carbons (Fsp3) is 0.500. The van der Waals surface area contributed by atoms with Gasteiger partial charge in [0.25, 0.3) is 5.91 Å². The molecule has 0 unspecified atom stereocenters. The number of amides is 1. The molecule has 1 heterocycles. The normalized spacial score (nSPS) is 18.9. The summed E-state index contributed by atoms with van der Waals surface area (Å²) in [5.74, 6) is 1.85.